The first kappa shape index (κ1) is 18.1. The standard InChI is InChI=1S/C20H28N4O3/c1-12-8-15-16(9-20(3,4)10-17(15)26-12)22-19(25)24-7-5-6-14(11-24)18-21-13(2)23-27-18/h8,14,16H,5-7,9-11H2,1-4H3,(H,22,25). The van der Waals surface area contributed by atoms with Crippen LogP contribution in [0.1, 0.15) is 73.9 Å². The number of nitrogens with one attached hydrogen (secondary N) is 1. The third-order valence-corrected chi connectivity index (χ3v) is 5.63. The van der Waals surface area contributed by atoms with Crippen LogP contribution >= 0.6 is 0 Å². The van der Waals surface area contributed by atoms with Crippen molar-refractivity contribution in [3.8, 4) is 0 Å². The van der Waals surface area contributed by atoms with E-state index in [1.807, 2.05) is 18.7 Å². The van der Waals surface area contributed by atoms with Crippen molar-refractivity contribution >= 4 is 6.03 Å². The predicted octanol–water partition coefficient (Wildman–Crippen LogP) is 3.88. The molecule has 0 spiro atoms. The van der Waals surface area contributed by atoms with E-state index in [0.29, 0.717) is 18.3 Å². The van der Waals surface area contributed by atoms with Gasteiger partial charge in [0.1, 0.15) is 11.5 Å². The molecule has 1 aliphatic carbocycles. The Morgan fingerprint density at radius 2 is 2.19 bits per heavy atom. The fourth-order valence-corrected chi connectivity index (χ4v) is 4.40. The average molecular weight is 372 g/mol. The van der Waals surface area contributed by atoms with E-state index in [1.165, 1.54) is 0 Å². The summed E-state index contributed by atoms with van der Waals surface area (Å²) in [7, 11) is 0. The average Bonchev–Trinajstić information content (AvgIpc) is 3.19. The van der Waals surface area contributed by atoms with E-state index in [4.69, 9.17) is 8.94 Å². The van der Waals surface area contributed by atoms with Crippen molar-refractivity contribution in [3.63, 3.8) is 0 Å². The largest absolute Gasteiger partial charge is 0.466 e. The Balaban J connectivity index is 1.47. The molecule has 7 nitrogen and oxygen atoms in total. The van der Waals surface area contributed by atoms with Crippen molar-refractivity contribution in [3.05, 3.63) is 34.9 Å². The van der Waals surface area contributed by atoms with Gasteiger partial charge in [-0.05, 0) is 44.6 Å². The van der Waals surface area contributed by atoms with Gasteiger partial charge in [-0.15, -0.1) is 0 Å². The van der Waals surface area contributed by atoms with Gasteiger partial charge in [0.2, 0.25) is 5.89 Å². The van der Waals surface area contributed by atoms with Gasteiger partial charge in [-0.3, -0.25) is 0 Å². The molecule has 0 bridgehead atoms. The molecule has 1 N–H and O–H groups in total. The Morgan fingerprint density at radius 3 is 2.93 bits per heavy atom. The molecule has 2 amide bonds. The molecule has 1 aliphatic heterocycles. The summed E-state index contributed by atoms with van der Waals surface area (Å²) in [6.45, 7) is 9.59. The zero-order valence-corrected chi connectivity index (χ0v) is 16.5. The summed E-state index contributed by atoms with van der Waals surface area (Å²) in [5.74, 6) is 3.30. The molecule has 2 aromatic rings. The van der Waals surface area contributed by atoms with Crippen LogP contribution in [0.3, 0.4) is 0 Å². The summed E-state index contributed by atoms with van der Waals surface area (Å²) in [4.78, 5) is 19.2. The lowest BCUT2D eigenvalue weighted by molar-refractivity contribution is 0.161. The number of piperidine rings is 1. The van der Waals surface area contributed by atoms with Gasteiger partial charge in [0.15, 0.2) is 5.82 Å². The van der Waals surface area contributed by atoms with E-state index in [0.717, 1.165) is 49.3 Å². The first-order valence-corrected chi connectivity index (χ1v) is 9.75. The molecule has 0 radical (unpaired) electrons. The molecule has 1 fully saturated rings. The number of likely N-dealkylation sites (tertiary alicyclic amines) is 1. The molecule has 0 saturated carbocycles. The zero-order chi connectivity index (χ0) is 19.2. The van der Waals surface area contributed by atoms with Crippen molar-refractivity contribution in [1.82, 2.24) is 20.4 Å². The molecular formula is C20H28N4O3. The van der Waals surface area contributed by atoms with Gasteiger partial charge < -0.3 is 19.2 Å². The minimum atomic E-state index is -0.0246. The molecule has 1 saturated heterocycles. The third kappa shape index (κ3) is 3.73. The number of rotatable bonds is 2. The molecule has 146 valence electrons. The van der Waals surface area contributed by atoms with Crippen molar-refractivity contribution < 1.29 is 13.7 Å². The molecule has 2 atom stereocenters. The summed E-state index contributed by atoms with van der Waals surface area (Å²) in [5, 5.41) is 7.13. The zero-order valence-electron chi connectivity index (χ0n) is 16.5. The smallest absolute Gasteiger partial charge is 0.317 e. The monoisotopic (exact) mass is 372 g/mol. The summed E-state index contributed by atoms with van der Waals surface area (Å²) in [6.07, 6.45) is 3.72. The minimum absolute atomic E-state index is 0.0141. The maximum absolute atomic E-state index is 13.0. The van der Waals surface area contributed by atoms with E-state index in [1.54, 1.807) is 0 Å². The van der Waals surface area contributed by atoms with Crippen LogP contribution < -0.4 is 5.32 Å². The fourth-order valence-electron chi connectivity index (χ4n) is 4.40. The van der Waals surface area contributed by atoms with Crippen molar-refractivity contribution in [2.45, 2.75) is 65.3 Å². The number of furan rings is 1. The van der Waals surface area contributed by atoms with Crippen LogP contribution in [0.4, 0.5) is 4.79 Å². The minimum Gasteiger partial charge on any atom is -0.466 e. The maximum Gasteiger partial charge on any atom is 0.317 e. The number of fused-ring (bicyclic) bond motifs is 1. The number of carbonyl (C=O) groups excluding carboxylic acids is 1. The SMILES string of the molecule is Cc1noc(C2CCCN(C(=O)NC3CC(C)(C)Cc4oc(C)cc43)C2)n1. The highest BCUT2D eigenvalue weighted by Crippen LogP contribution is 2.42. The number of nitrogens with zero attached hydrogens (tertiary/aromatic N) is 3. The van der Waals surface area contributed by atoms with Crippen molar-refractivity contribution in [2.24, 2.45) is 5.41 Å². The van der Waals surface area contributed by atoms with Gasteiger partial charge in [0.25, 0.3) is 0 Å². The highest BCUT2D eigenvalue weighted by molar-refractivity contribution is 5.75. The number of urea groups is 1. The molecule has 0 aromatic carbocycles. The first-order valence-electron chi connectivity index (χ1n) is 9.75. The Labute approximate surface area is 159 Å². The number of aryl methyl sites for hydroxylation is 2. The Morgan fingerprint density at radius 1 is 1.37 bits per heavy atom. The molecule has 4 rings (SSSR count). The highest BCUT2D eigenvalue weighted by atomic mass is 16.5. The van der Waals surface area contributed by atoms with E-state index in [-0.39, 0.29) is 23.4 Å². The van der Waals surface area contributed by atoms with Gasteiger partial charge in [-0.1, -0.05) is 19.0 Å². The topological polar surface area (TPSA) is 84.4 Å². The molecule has 2 unspecified atom stereocenters. The Hall–Kier alpha value is -2.31. The first-order chi connectivity index (χ1) is 12.8. The lowest BCUT2D eigenvalue weighted by atomic mass is 9.75. The second-order valence-corrected chi connectivity index (χ2v) is 8.75. The summed E-state index contributed by atoms with van der Waals surface area (Å²) in [5.41, 5.74) is 1.22. The molecule has 3 heterocycles. The second kappa shape index (κ2) is 6.69. The van der Waals surface area contributed by atoms with Crippen LogP contribution in [0, 0.1) is 19.3 Å². The van der Waals surface area contributed by atoms with E-state index in [2.05, 4.69) is 35.4 Å². The van der Waals surface area contributed by atoms with Crippen molar-refractivity contribution in [2.75, 3.05) is 13.1 Å². The van der Waals surface area contributed by atoms with Crippen molar-refractivity contribution in [1.29, 1.82) is 0 Å². The van der Waals surface area contributed by atoms with E-state index >= 15 is 0 Å². The lowest BCUT2D eigenvalue weighted by Crippen LogP contribution is -2.47. The molecule has 27 heavy (non-hydrogen) atoms. The van der Waals surface area contributed by atoms with Crippen LogP contribution in [0.25, 0.3) is 0 Å². The molecule has 7 heteroatoms. The molecule has 2 aliphatic rings. The normalized spacial score (nSPS) is 24.5. The number of carbonyl (C=O) groups is 1. The number of hydrogen-bond acceptors (Lipinski definition) is 5. The summed E-state index contributed by atoms with van der Waals surface area (Å²) < 4.78 is 11.2. The molecule has 2 aromatic heterocycles. The van der Waals surface area contributed by atoms with Gasteiger partial charge in [0.05, 0.1) is 12.0 Å². The fraction of sp³-hybridized carbons (Fsp3) is 0.650. The van der Waals surface area contributed by atoms with E-state index in [9.17, 15) is 4.79 Å². The molecular weight excluding hydrogens is 344 g/mol. The Bertz CT molecular complexity index is 838. The predicted molar refractivity (Wildman–Crippen MR) is 99.4 cm³/mol. The number of aromatic nitrogens is 2. The summed E-state index contributed by atoms with van der Waals surface area (Å²) in [6, 6.07) is 2.03. The summed E-state index contributed by atoms with van der Waals surface area (Å²) >= 11 is 0. The maximum atomic E-state index is 13.0. The van der Waals surface area contributed by atoms with Gasteiger partial charge in [0, 0.05) is 25.1 Å². The quantitative estimate of drug-likeness (QED) is 0.865. The Kier molecular flexibility index (Phi) is 4.48. The third-order valence-electron chi connectivity index (χ3n) is 5.63. The van der Waals surface area contributed by atoms with Gasteiger partial charge in [-0.25, -0.2) is 4.79 Å². The van der Waals surface area contributed by atoms with Crippen LogP contribution in [0.15, 0.2) is 15.0 Å². The van der Waals surface area contributed by atoms with Crippen LogP contribution in [0.5, 0.6) is 0 Å². The van der Waals surface area contributed by atoms with Gasteiger partial charge >= 0.3 is 6.03 Å². The second-order valence-electron chi connectivity index (χ2n) is 8.75. The van der Waals surface area contributed by atoms with Crippen LogP contribution in [-0.2, 0) is 6.42 Å². The number of hydrogen-bond donors (Lipinski definition) is 1. The van der Waals surface area contributed by atoms with Crippen LogP contribution in [-0.4, -0.2) is 34.2 Å². The van der Waals surface area contributed by atoms with Crippen LogP contribution in [0.2, 0.25) is 0 Å². The van der Waals surface area contributed by atoms with Gasteiger partial charge in [-0.2, -0.15) is 4.98 Å². The highest BCUT2D eigenvalue weighted by Gasteiger charge is 2.37. The number of amides is 2. The van der Waals surface area contributed by atoms with E-state index < -0.39 is 0 Å². The lowest BCUT2D eigenvalue weighted by Gasteiger charge is -2.37.